The summed E-state index contributed by atoms with van der Waals surface area (Å²) in [7, 11) is 0. The summed E-state index contributed by atoms with van der Waals surface area (Å²) in [6.45, 7) is 2.57. The average molecular weight is 383 g/mol. The molecule has 1 aliphatic heterocycles. The number of rotatable bonds is 4. The molecule has 27 heavy (non-hydrogen) atoms. The molecule has 0 spiro atoms. The highest BCUT2D eigenvalue weighted by Crippen LogP contribution is 2.43. The summed E-state index contributed by atoms with van der Waals surface area (Å²) in [6.07, 6.45) is 5.67. The molecule has 4 nitrogen and oxygen atoms in total. The second-order valence-corrected chi connectivity index (χ2v) is 6.61. The zero-order valence-corrected chi connectivity index (χ0v) is 16.3. The van der Waals surface area contributed by atoms with Gasteiger partial charge in [0.15, 0.2) is 0 Å². The average Bonchev–Trinajstić information content (AvgIpc) is 3.28. The molecule has 1 atom stereocenters. The highest BCUT2D eigenvalue weighted by Gasteiger charge is 2.51. The molecule has 0 aliphatic carbocycles. The first-order valence-electron chi connectivity index (χ1n) is 8.87. The van der Waals surface area contributed by atoms with Crippen LogP contribution in [-0.2, 0) is 21.5 Å². The highest BCUT2D eigenvalue weighted by atomic mass is 35.5. The predicted molar refractivity (Wildman–Crippen MR) is 107 cm³/mol. The number of benzene rings is 2. The van der Waals surface area contributed by atoms with Crippen molar-refractivity contribution in [2.24, 2.45) is 0 Å². The second kappa shape index (κ2) is 8.40. The van der Waals surface area contributed by atoms with Crippen molar-refractivity contribution in [1.29, 1.82) is 0 Å². The van der Waals surface area contributed by atoms with Crippen molar-refractivity contribution in [3.05, 3.63) is 89.7 Å². The van der Waals surface area contributed by atoms with E-state index in [1.807, 2.05) is 84.7 Å². The van der Waals surface area contributed by atoms with Crippen LogP contribution in [0.3, 0.4) is 0 Å². The van der Waals surface area contributed by atoms with Gasteiger partial charge in [-0.2, -0.15) is 5.10 Å². The Balaban J connectivity index is 0.00000102. The van der Waals surface area contributed by atoms with Gasteiger partial charge in [-0.3, -0.25) is 9.48 Å². The van der Waals surface area contributed by atoms with Crippen LogP contribution in [0.5, 0.6) is 0 Å². The van der Waals surface area contributed by atoms with Gasteiger partial charge in [0.25, 0.3) is 0 Å². The van der Waals surface area contributed by atoms with E-state index in [2.05, 4.69) is 16.7 Å². The number of halogens is 1. The largest absolute Gasteiger partial charge is 0.459 e. The lowest BCUT2D eigenvalue weighted by molar-refractivity contribution is -0.145. The van der Waals surface area contributed by atoms with E-state index in [1.165, 1.54) is 6.38 Å². The van der Waals surface area contributed by atoms with E-state index < -0.39 is 5.41 Å². The van der Waals surface area contributed by atoms with Crippen LogP contribution in [0, 0.1) is 6.92 Å². The summed E-state index contributed by atoms with van der Waals surface area (Å²) in [5, 5.41) is 4.32. The molecule has 140 valence electrons. The molecule has 4 rings (SSSR count). The number of carbonyl (C=O) groups excluding carboxylic acids is 1. The lowest BCUT2D eigenvalue weighted by Gasteiger charge is -2.26. The minimum absolute atomic E-state index is 0.182. The number of ether oxygens (including phenoxy) is 1. The van der Waals surface area contributed by atoms with Gasteiger partial charge in [-0.05, 0) is 23.6 Å². The summed E-state index contributed by atoms with van der Waals surface area (Å²) in [6, 6.07) is 19.8. The molecule has 1 fully saturated rings. The van der Waals surface area contributed by atoms with Crippen molar-refractivity contribution >= 4 is 17.6 Å². The number of nitrogens with zero attached hydrogens (tertiary/aromatic N) is 2. The van der Waals surface area contributed by atoms with E-state index in [-0.39, 0.29) is 12.1 Å². The van der Waals surface area contributed by atoms with Crippen LogP contribution < -0.4 is 0 Å². The smallest absolute Gasteiger partial charge is 0.321 e. The molecule has 0 radical (unpaired) electrons. The van der Waals surface area contributed by atoms with Crippen LogP contribution in [0.1, 0.15) is 23.1 Å². The number of alkyl halides is 1. The minimum Gasteiger partial charge on any atom is -0.459 e. The van der Waals surface area contributed by atoms with Crippen molar-refractivity contribution in [2.75, 3.05) is 6.38 Å². The molecule has 1 unspecified atom stereocenters. The molecule has 3 aromatic rings. The summed E-state index contributed by atoms with van der Waals surface area (Å²) in [4.78, 5) is 13.1. The van der Waals surface area contributed by atoms with Gasteiger partial charge < -0.3 is 4.74 Å². The van der Waals surface area contributed by atoms with E-state index in [1.54, 1.807) is 0 Å². The van der Waals surface area contributed by atoms with Crippen molar-refractivity contribution in [3.63, 3.8) is 0 Å². The van der Waals surface area contributed by atoms with Crippen molar-refractivity contribution in [1.82, 2.24) is 9.78 Å². The van der Waals surface area contributed by atoms with Gasteiger partial charge in [0.1, 0.15) is 11.5 Å². The van der Waals surface area contributed by atoms with Crippen LogP contribution >= 0.6 is 11.6 Å². The van der Waals surface area contributed by atoms with Crippen LogP contribution in [0.4, 0.5) is 0 Å². The molecule has 0 amide bonds. The van der Waals surface area contributed by atoms with E-state index >= 15 is 0 Å². The predicted octanol–water partition coefficient (Wildman–Crippen LogP) is 4.35. The summed E-state index contributed by atoms with van der Waals surface area (Å²) in [5.41, 5.74) is 2.30. The lowest BCUT2D eigenvalue weighted by Crippen LogP contribution is -2.33. The van der Waals surface area contributed by atoms with Gasteiger partial charge >= 0.3 is 5.97 Å². The third-order valence-corrected chi connectivity index (χ3v) is 4.84. The number of cyclic esters (lactones) is 1. The number of hydrogen-bond donors (Lipinski definition) is 0. The van der Waals surface area contributed by atoms with Gasteiger partial charge in [0.2, 0.25) is 0 Å². The molecule has 2 heterocycles. The van der Waals surface area contributed by atoms with E-state index in [4.69, 9.17) is 4.74 Å². The fourth-order valence-corrected chi connectivity index (χ4v) is 3.68. The van der Waals surface area contributed by atoms with Crippen LogP contribution in [0.15, 0.2) is 73.1 Å². The van der Waals surface area contributed by atoms with Crippen molar-refractivity contribution in [3.8, 4) is 0 Å². The molecular weight excluding hydrogens is 360 g/mol. The fourth-order valence-electron chi connectivity index (χ4n) is 3.68. The zero-order valence-electron chi connectivity index (χ0n) is 15.5. The Bertz CT molecular complexity index is 838. The molecule has 0 saturated carbocycles. The molecule has 0 bridgehead atoms. The molecule has 0 N–H and O–H groups in total. The van der Waals surface area contributed by atoms with Crippen LogP contribution in [-0.4, -0.2) is 28.2 Å². The Hall–Kier alpha value is -2.59. The molecule has 5 heteroatoms. The Morgan fingerprint density at radius 2 is 1.63 bits per heavy atom. The SMILES string of the molecule is CCl.Cc1cnn(CC2CC(c3ccccc3)(c3ccccc3)C(=O)O2)c1. The van der Waals surface area contributed by atoms with Gasteiger partial charge in [0.05, 0.1) is 12.7 Å². The molecule has 1 aromatic heterocycles. The van der Waals surface area contributed by atoms with Crippen LogP contribution in [0.25, 0.3) is 0 Å². The molecule has 1 saturated heterocycles. The lowest BCUT2D eigenvalue weighted by atomic mass is 9.72. The van der Waals surface area contributed by atoms with Gasteiger partial charge in [-0.1, -0.05) is 60.7 Å². The molecule has 2 aromatic carbocycles. The molecule has 1 aliphatic rings. The van der Waals surface area contributed by atoms with E-state index in [9.17, 15) is 4.79 Å². The minimum atomic E-state index is -0.755. The summed E-state index contributed by atoms with van der Waals surface area (Å²) in [5.74, 6) is -0.182. The Morgan fingerprint density at radius 1 is 1.07 bits per heavy atom. The summed E-state index contributed by atoms with van der Waals surface area (Å²) >= 11 is 4.64. The van der Waals surface area contributed by atoms with E-state index in [0.29, 0.717) is 13.0 Å². The standard InChI is InChI=1S/C21H20N2O2.CH3Cl/c1-16-13-22-23(14-16)15-19-12-21(20(24)25-19,17-8-4-2-5-9-17)18-10-6-3-7-11-18;1-2/h2-11,13-14,19H,12,15H2,1H3;1H3. The van der Waals surface area contributed by atoms with Crippen LogP contribution in [0.2, 0.25) is 0 Å². The monoisotopic (exact) mass is 382 g/mol. The number of aromatic nitrogens is 2. The maximum atomic E-state index is 13.1. The second-order valence-electron chi connectivity index (χ2n) is 6.61. The first kappa shape index (κ1) is 19.2. The maximum Gasteiger partial charge on any atom is 0.321 e. The normalized spacial score (nSPS) is 17.7. The first-order chi connectivity index (χ1) is 13.2. The maximum absolute atomic E-state index is 13.1. The third kappa shape index (κ3) is 3.76. The number of hydrogen-bond acceptors (Lipinski definition) is 3. The number of carbonyl (C=O) groups is 1. The third-order valence-electron chi connectivity index (χ3n) is 4.84. The van der Waals surface area contributed by atoms with Gasteiger partial charge in [0, 0.05) is 19.0 Å². The Kier molecular flexibility index (Phi) is 5.97. The Morgan fingerprint density at radius 3 is 2.11 bits per heavy atom. The Labute approximate surface area is 164 Å². The number of aryl methyl sites for hydroxylation is 1. The van der Waals surface area contributed by atoms with Gasteiger partial charge in [-0.15, -0.1) is 11.6 Å². The topological polar surface area (TPSA) is 44.1 Å². The van der Waals surface area contributed by atoms with Gasteiger partial charge in [-0.25, -0.2) is 0 Å². The summed E-state index contributed by atoms with van der Waals surface area (Å²) < 4.78 is 7.65. The van der Waals surface area contributed by atoms with Crippen molar-refractivity contribution < 1.29 is 9.53 Å². The van der Waals surface area contributed by atoms with E-state index in [0.717, 1.165) is 16.7 Å². The quantitative estimate of drug-likeness (QED) is 0.497. The fraction of sp³-hybridized carbons (Fsp3) is 0.273. The highest BCUT2D eigenvalue weighted by molar-refractivity contribution is 6.15. The zero-order chi connectivity index (χ0) is 19.3. The number of esters is 1. The molecular formula is C22H23ClN2O2. The van der Waals surface area contributed by atoms with Crippen molar-refractivity contribution in [2.45, 2.75) is 31.4 Å². The first-order valence-corrected chi connectivity index (χ1v) is 9.63.